The van der Waals surface area contributed by atoms with Crippen LogP contribution >= 0.6 is 11.6 Å². The Hall–Kier alpha value is -1.03. The summed E-state index contributed by atoms with van der Waals surface area (Å²) in [6.07, 6.45) is 1.50. The average molecular weight is 268 g/mol. The molecule has 0 spiro atoms. The van der Waals surface area contributed by atoms with Crippen molar-refractivity contribution < 1.29 is 9.52 Å². The van der Waals surface area contributed by atoms with Crippen molar-refractivity contribution in [3.8, 4) is 0 Å². The number of nitrogens with one attached hydrogen (secondary N) is 1. The van der Waals surface area contributed by atoms with Crippen LogP contribution in [0.5, 0.6) is 0 Å². The maximum absolute atomic E-state index is 9.64. The fourth-order valence-electron chi connectivity index (χ4n) is 2.03. The average Bonchev–Trinajstić information content (AvgIpc) is 2.66. The summed E-state index contributed by atoms with van der Waals surface area (Å²) in [5.41, 5.74) is 1.75. The number of hydrogen-bond donors (Lipinski definition) is 2. The van der Waals surface area contributed by atoms with Crippen LogP contribution in [0.4, 0.5) is 0 Å². The van der Waals surface area contributed by atoms with Crippen LogP contribution in [0.15, 0.2) is 28.7 Å². The third-order valence-corrected chi connectivity index (χ3v) is 3.26. The zero-order valence-electron chi connectivity index (χ0n) is 10.4. The van der Waals surface area contributed by atoms with Gasteiger partial charge in [0.15, 0.2) is 5.22 Å². The normalized spacial score (nSPS) is 13.1. The number of aliphatic hydroxyl groups is 1. The molecule has 1 unspecified atom stereocenters. The Labute approximate surface area is 112 Å². The summed E-state index contributed by atoms with van der Waals surface area (Å²) >= 11 is 6.07. The smallest absolute Gasteiger partial charge is 0.199 e. The lowest BCUT2D eigenvalue weighted by molar-refractivity contribution is 0.160. The molecule has 3 nitrogen and oxygen atoms in total. The first-order valence-corrected chi connectivity index (χ1v) is 6.65. The quantitative estimate of drug-likeness (QED) is 0.844. The Bertz CT molecular complexity index is 509. The van der Waals surface area contributed by atoms with Crippen LogP contribution in [0.3, 0.4) is 0 Å². The van der Waals surface area contributed by atoms with Crippen molar-refractivity contribution in [3.63, 3.8) is 0 Å². The number of rotatable bonds is 6. The molecule has 0 radical (unpaired) electrons. The molecule has 4 heteroatoms. The number of aliphatic hydroxyl groups excluding tert-OH is 1. The summed E-state index contributed by atoms with van der Waals surface area (Å²) in [5, 5.41) is 14.3. The number of benzene rings is 1. The third kappa shape index (κ3) is 3.05. The molecule has 1 heterocycles. The molecule has 0 saturated heterocycles. The maximum atomic E-state index is 9.64. The van der Waals surface area contributed by atoms with E-state index in [1.165, 1.54) is 0 Å². The number of halogens is 1. The Morgan fingerprint density at radius 3 is 2.94 bits per heavy atom. The van der Waals surface area contributed by atoms with Gasteiger partial charge in [0.2, 0.25) is 0 Å². The molecule has 0 bridgehead atoms. The highest BCUT2D eigenvalue weighted by Crippen LogP contribution is 2.29. The van der Waals surface area contributed by atoms with E-state index >= 15 is 0 Å². The van der Waals surface area contributed by atoms with Crippen LogP contribution in [-0.2, 0) is 6.54 Å². The number of hydrogen-bond acceptors (Lipinski definition) is 3. The second kappa shape index (κ2) is 6.23. The number of furan rings is 1. The van der Waals surface area contributed by atoms with Crippen LogP contribution < -0.4 is 5.32 Å². The van der Waals surface area contributed by atoms with Gasteiger partial charge < -0.3 is 14.8 Å². The second-order valence-corrected chi connectivity index (χ2v) is 4.77. The van der Waals surface area contributed by atoms with Crippen molar-refractivity contribution in [2.45, 2.75) is 32.4 Å². The molecule has 0 amide bonds. The van der Waals surface area contributed by atoms with Gasteiger partial charge in [0, 0.05) is 24.0 Å². The first kappa shape index (κ1) is 13.4. The Kier molecular flexibility index (Phi) is 4.64. The summed E-state index contributed by atoms with van der Waals surface area (Å²) < 4.78 is 5.47. The van der Waals surface area contributed by atoms with Gasteiger partial charge >= 0.3 is 0 Å². The van der Waals surface area contributed by atoms with E-state index in [1.54, 1.807) is 0 Å². The van der Waals surface area contributed by atoms with Crippen LogP contribution in [0.1, 0.15) is 25.3 Å². The summed E-state index contributed by atoms with van der Waals surface area (Å²) in [6, 6.07) is 7.77. The van der Waals surface area contributed by atoms with E-state index in [0.717, 1.165) is 29.4 Å². The largest absolute Gasteiger partial charge is 0.444 e. The van der Waals surface area contributed by atoms with E-state index in [0.29, 0.717) is 18.3 Å². The Morgan fingerprint density at radius 1 is 1.39 bits per heavy atom. The van der Waals surface area contributed by atoms with Gasteiger partial charge in [-0.2, -0.15) is 0 Å². The molecule has 0 saturated carbocycles. The summed E-state index contributed by atoms with van der Waals surface area (Å²) in [6.45, 7) is 3.24. The molecule has 1 atom stereocenters. The minimum Gasteiger partial charge on any atom is -0.444 e. The minimum absolute atomic E-state index is 0.299. The topological polar surface area (TPSA) is 45.4 Å². The molecule has 0 aliphatic rings. The van der Waals surface area contributed by atoms with Gasteiger partial charge in [0.1, 0.15) is 5.58 Å². The van der Waals surface area contributed by atoms with E-state index in [4.69, 9.17) is 16.0 Å². The van der Waals surface area contributed by atoms with Crippen LogP contribution in [0.2, 0.25) is 5.22 Å². The highest BCUT2D eigenvalue weighted by Gasteiger charge is 2.12. The van der Waals surface area contributed by atoms with Crippen molar-refractivity contribution >= 4 is 22.6 Å². The first-order chi connectivity index (χ1) is 8.72. The van der Waals surface area contributed by atoms with Gasteiger partial charge in [0.25, 0.3) is 0 Å². The van der Waals surface area contributed by atoms with Crippen molar-refractivity contribution in [2.24, 2.45) is 0 Å². The molecule has 2 aromatic rings. The molecule has 1 aromatic heterocycles. The minimum atomic E-state index is -0.299. The van der Waals surface area contributed by atoms with E-state index in [-0.39, 0.29) is 6.10 Å². The van der Waals surface area contributed by atoms with E-state index in [1.807, 2.05) is 24.3 Å². The second-order valence-electron chi connectivity index (χ2n) is 4.42. The van der Waals surface area contributed by atoms with Crippen molar-refractivity contribution in [2.75, 3.05) is 6.54 Å². The van der Waals surface area contributed by atoms with Gasteiger partial charge in [-0.25, -0.2) is 0 Å². The van der Waals surface area contributed by atoms with Gasteiger partial charge in [-0.15, -0.1) is 0 Å². The van der Waals surface area contributed by atoms with Crippen LogP contribution in [-0.4, -0.2) is 17.8 Å². The summed E-state index contributed by atoms with van der Waals surface area (Å²) in [7, 11) is 0. The lowest BCUT2D eigenvalue weighted by Gasteiger charge is -2.10. The molecule has 2 N–H and O–H groups in total. The third-order valence-electron chi connectivity index (χ3n) is 2.95. The van der Waals surface area contributed by atoms with Crippen LogP contribution in [0.25, 0.3) is 11.0 Å². The predicted octanol–water partition coefficient (Wildman–Crippen LogP) is 3.34. The maximum Gasteiger partial charge on any atom is 0.199 e. The molecule has 1 aromatic carbocycles. The fourth-order valence-corrected chi connectivity index (χ4v) is 2.28. The van der Waals surface area contributed by atoms with Crippen molar-refractivity contribution in [1.29, 1.82) is 0 Å². The molecular weight excluding hydrogens is 250 g/mol. The van der Waals surface area contributed by atoms with E-state index in [9.17, 15) is 5.11 Å². The molecule has 0 fully saturated rings. The SMILES string of the molecule is CCCC(O)CNCc1c(Cl)oc2ccccc12. The highest BCUT2D eigenvalue weighted by atomic mass is 35.5. The van der Waals surface area contributed by atoms with Crippen LogP contribution in [0, 0.1) is 0 Å². The Morgan fingerprint density at radius 2 is 2.17 bits per heavy atom. The molecular formula is C14H18ClNO2. The van der Waals surface area contributed by atoms with Gasteiger partial charge in [-0.3, -0.25) is 0 Å². The van der Waals surface area contributed by atoms with Crippen molar-refractivity contribution in [3.05, 3.63) is 35.0 Å². The standard InChI is InChI=1S/C14H18ClNO2/c1-2-5-10(17)8-16-9-12-11-6-3-4-7-13(11)18-14(12)15/h3-4,6-7,10,16-17H,2,5,8-9H2,1H3. The number of para-hydroxylation sites is 1. The number of fused-ring (bicyclic) bond motifs is 1. The lowest BCUT2D eigenvalue weighted by Crippen LogP contribution is -2.26. The summed E-state index contributed by atoms with van der Waals surface area (Å²) in [4.78, 5) is 0. The lowest BCUT2D eigenvalue weighted by atomic mass is 10.1. The Balaban J connectivity index is 2.01. The van der Waals surface area contributed by atoms with Crippen molar-refractivity contribution in [1.82, 2.24) is 5.32 Å². The zero-order chi connectivity index (χ0) is 13.0. The highest BCUT2D eigenvalue weighted by molar-refractivity contribution is 6.30. The monoisotopic (exact) mass is 267 g/mol. The zero-order valence-corrected chi connectivity index (χ0v) is 11.2. The molecule has 98 valence electrons. The molecule has 2 rings (SSSR count). The molecule has 0 aliphatic heterocycles. The first-order valence-electron chi connectivity index (χ1n) is 6.27. The van der Waals surface area contributed by atoms with Gasteiger partial charge in [-0.1, -0.05) is 31.5 Å². The fraction of sp³-hybridized carbons (Fsp3) is 0.429. The van der Waals surface area contributed by atoms with E-state index in [2.05, 4.69) is 12.2 Å². The molecule has 18 heavy (non-hydrogen) atoms. The summed E-state index contributed by atoms with van der Waals surface area (Å²) in [5.74, 6) is 0. The molecule has 0 aliphatic carbocycles. The predicted molar refractivity (Wildman–Crippen MR) is 73.8 cm³/mol. The van der Waals surface area contributed by atoms with Gasteiger partial charge in [0.05, 0.1) is 6.10 Å². The van der Waals surface area contributed by atoms with E-state index < -0.39 is 0 Å². The van der Waals surface area contributed by atoms with Gasteiger partial charge in [-0.05, 0) is 24.1 Å².